The third-order valence-corrected chi connectivity index (χ3v) is 4.81. The second-order valence-electron chi connectivity index (χ2n) is 6.27. The number of benzene rings is 1. The number of halogens is 1. The number of carboxylic acids is 1. The quantitative estimate of drug-likeness (QED) is 0.461. The zero-order valence-corrected chi connectivity index (χ0v) is 14.8. The average molecular weight is 380 g/mol. The molecule has 2 heterocycles. The number of non-ortho nitro benzene ring substituents is 1. The van der Waals surface area contributed by atoms with Gasteiger partial charge in [-0.05, 0) is 37.4 Å². The van der Waals surface area contributed by atoms with Gasteiger partial charge in [-0.25, -0.2) is 9.97 Å². The molecule has 1 saturated heterocycles. The summed E-state index contributed by atoms with van der Waals surface area (Å²) in [4.78, 5) is 31.9. The molecule has 2 N–H and O–H groups in total. The van der Waals surface area contributed by atoms with Crippen molar-refractivity contribution in [2.45, 2.75) is 31.8 Å². The van der Waals surface area contributed by atoms with Gasteiger partial charge in [-0.1, -0.05) is 0 Å². The van der Waals surface area contributed by atoms with Gasteiger partial charge in [-0.3, -0.25) is 19.8 Å². The number of fused-ring (bicyclic) bond motifs is 1. The Morgan fingerprint density at radius 1 is 1.42 bits per heavy atom. The Bertz CT molecular complexity index is 854. The van der Waals surface area contributed by atoms with Crippen molar-refractivity contribution in [3.8, 4) is 0 Å². The molecule has 0 amide bonds. The molecular formula is C16H18ClN5O4. The number of carbonyl (C=O) groups is 1. The molecule has 1 atom stereocenters. The molecule has 0 radical (unpaired) electrons. The SMILES string of the molecule is CC(C(=O)O)N1CCC(Nc2nc(Cl)nc3ccc([N+](=O)[O-])cc23)CC1. The van der Waals surface area contributed by atoms with E-state index in [1.807, 2.05) is 4.90 Å². The van der Waals surface area contributed by atoms with Crippen LogP contribution in [0.4, 0.5) is 11.5 Å². The van der Waals surface area contributed by atoms with E-state index in [9.17, 15) is 14.9 Å². The first kappa shape index (κ1) is 18.3. The number of aliphatic carboxylic acids is 1. The van der Waals surface area contributed by atoms with Crippen LogP contribution >= 0.6 is 11.6 Å². The fourth-order valence-corrected chi connectivity index (χ4v) is 3.27. The van der Waals surface area contributed by atoms with E-state index < -0.39 is 16.9 Å². The Morgan fingerprint density at radius 2 is 2.12 bits per heavy atom. The number of nitro benzene ring substituents is 1. The lowest BCUT2D eigenvalue weighted by Gasteiger charge is -2.34. The van der Waals surface area contributed by atoms with Gasteiger partial charge in [0.2, 0.25) is 5.28 Å². The molecule has 138 valence electrons. The summed E-state index contributed by atoms with van der Waals surface area (Å²) in [5, 5.41) is 24.0. The molecule has 1 aromatic carbocycles. The maximum absolute atomic E-state index is 11.1. The Kier molecular flexibility index (Phi) is 5.19. The monoisotopic (exact) mass is 379 g/mol. The minimum Gasteiger partial charge on any atom is -0.480 e. The molecule has 1 fully saturated rings. The van der Waals surface area contributed by atoms with Crippen LogP contribution in [0.15, 0.2) is 18.2 Å². The number of rotatable bonds is 5. The number of nitrogens with one attached hydrogen (secondary N) is 1. The van der Waals surface area contributed by atoms with Crippen molar-refractivity contribution in [3.05, 3.63) is 33.6 Å². The maximum atomic E-state index is 11.1. The van der Waals surface area contributed by atoms with Crippen molar-refractivity contribution in [1.82, 2.24) is 14.9 Å². The Morgan fingerprint density at radius 3 is 2.73 bits per heavy atom. The molecule has 2 aromatic rings. The van der Waals surface area contributed by atoms with Gasteiger partial charge in [-0.2, -0.15) is 0 Å². The molecule has 0 saturated carbocycles. The third-order valence-electron chi connectivity index (χ3n) is 4.64. The molecule has 1 aliphatic rings. The van der Waals surface area contributed by atoms with Crippen molar-refractivity contribution in [2.75, 3.05) is 18.4 Å². The fraction of sp³-hybridized carbons (Fsp3) is 0.438. The van der Waals surface area contributed by atoms with Crippen LogP contribution in [0, 0.1) is 10.1 Å². The normalized spacial score (nSPS) is 17.2. The molecule has 1 aliphatic heterocycles. The lowest BCUT2D eigenvalue weighted by atomic mass is 10.0. The Balaban J connectivity index is 1.79. The summed E-state index contributed by atoms with van der Waals surface area (Å²) in [6.45, 7) is 2.96. The molecule has 1 unspecified atom stereocenters. The molecular weight excluding hydrogens is 362 g/mol. The van der Waals surface area contributed by atoms with Gasteiger partial charge < -0.3 is 10.4 Å². The molecule has 0 bridgehead atoms. The predicted molar refractivity (Wildman–Crippen MR) is 96.5 cm³/mol. The van der Waals surface area contributed by atoms with E-state index in [0.29, 0.717) is 29.8 Å². The number of likely N-dealkylation sites (tertiary alicyclic amines) is 1. The summed E-state index contributed by atoms with van der Waals surface area (Å²) < 4.78 is 0. The van der Waals surface area contributed by atoms with E-state index in [1.165, 1.54) is 12.1 Å². The van der Waals surface area contributed by atoms with Crippen LogP contribution < -0.4 is 5.32 Å². The average Bonchev–Trinajstić information content (AvgIpc) is 2.61. The molecule has 1 aromatic heterocycles. The number of aromatic nitrogens is 2. The first-order chi connectivity index (χ1) is 12.3. The number of piperidine rings is 1. The fourth-order valence-electron chi connectivity index (χ4n) is 3.09. The van der Waals surface area contributed by atoms with Gasteiger partial charge in [-0.15, -0.1) is 0 Å². The highest BCUT2D eigenvalue weighted by Crippen LogP contribution is 2.28. The molecule has 26 heavy (non-hydrogen) atoms. The number of nitrogens with zero attached hydrogens (tertiary/aromatic N) is 4. The molecule has 0 aliphatic carbocycles. The van der Waals surface area contributed by atoms with Crippen molar-refractivity contribution in [1.29, 1.82) is 0 Å². The number of hydrogen-bond donors (Lipinski definition) is 2. The van der Waals surface area contributed by atoms with E-state index in [0.717, 1.165) is 12.8 Å². The van der Waals surface area contributed by atoms with Crippen LogP contribution in [0.1, 0.15) is 19.8 Å². The van der Waals surface area contributed by atoms with Crippen molar-refractivity contribution in [3.63, 3.8) is 0 Å². The standard InChI is InChI=1S/C16H18ClN5O4/c1-9(15(23)24)21-6-4-10(5-7-21)18-14-12-8-11(22(25)26)2-3-13(12)19-16(17)20-14/h2-3,8-10H,4-7H2,1H3,(H,23,24)(H,18,19,20). The number of nitro groups is 1. The summed E-state index contributed by atoms with van der Waals surface area (Å²) in [6, 6.07) is 3.90. The summed E-state index contributed by atoms with van der Waals surface area (Å²) in [5.41, 5.74) is 0.478. The first-order valence-electron chi connectivity index (χ1n) is 8.20. The van der Waals surface area contributed by atoms with Crippen LogP contribution in [0.25, 0.3) is 10.9 Å². The van der Waals surface area contributed by atoms with Gasteiger partial charge in [0.15, 0.2) is 0 Å². The first-order valence-corrected chi connectivity index (χ1v) is 8.58. The Hall–Kier alpha value is -2.52. The minimum atomic E-state index is -0.836. The molecule has 10 heteroatoms. The zero-order valence-electron chi connectivity index (χ0n) is 14.1. The highest BCUT2D eigenvalue weighted by Gasteiger charge is 2.27. The summed E-state index contributed by atoms with van der Waals surface area (Å²) in [7, 11) is 0. The lowest BCUT2D eigenvalue weighted by Crippen LogP contribution is -2.46. The molecule has 3 rings (SSSR count). The third kappa shape index (κ3) is 3.83. The van der Waals surface area contributed by atoms with Gasteiger partial charge in [0, 0.05) is 36.7 Å². The van der Waals surface area contributed by atoms with Crippen molar-refractivity contribution >= 4 is 40.0 Å². The van der Waals surface area contributed by atoms with E-state index >= 15 is 0 Å². The van der Waals surface area contributed by atoms with E-state index in [1.54, 1.807) is 13.0 Å². The number of anilines is 1. The Labute approximate surface area is 154 Å². The van der Waals surface area contributed by atoms with Crippen LogP contribution in [0.3, 0.4) is 0 Å². The van der Waals surface area contributed by atoms with Gasteiger partial charge in [0.1, 0.15) is 11.9 Å². The molecule has 0 spiro atoms. The number of carboxylic acid groups (broad SMARTS) is 1. The van der Waals surface area contributed by atoms with E-state index in [2.05, 4.69) is 15.3 Å². The van der Waals surface area contributed by atoms with Gasteiger partial charge >= 0.3 is 5.97 Å². The highest BCUT2D eigenvalue weighted by atomic mass is 35.5. The van der Waals surface area contributed by atoms with Crippen molar-refractivity contribution in [2.24, 2.45) is 0 Å². The van der Waals surface area contributed by atoms with Gasteiger partial charge in [0.25, 0.3) is 5.69 Å². The smallest absolute Gasteiger partial charge is 0.320 e. The lowest BCUT2D eigenvalue weighted by molar-refractivity contribution is -0.384. The predicted octanol–water partition coefficient (Wildman–Crippen LogP) is 2.54. The second-order valence-corrected chi connectivity index (χ2v) is 6.61. The van der Waals surface area contributed by atoms with E-state index in [4.69, 9.17) is 16.7 Å². The molecule has 9 nitrogen and oxygen atoms in total. The van der Waals surface area contributed by atoms with Crippen LogP contribution in [0.5, 0.6) is 0 Å². The summed E-state index contributed by atoms with van der Waals surface area (Å²) >= 11 is 5.97. The van der Waals surface area contributed by atoms with Crippen LogP contribution in [-0.4, -0.2) is 56.0 Å². The van der Waals surface area contributed by atoms with Crippen molar-refractivity contribution < 1.29 is 14.8 Å². The minimum absolute atomic E-state index is 0.0448. The van der Waals surface area contributed by atoms with Gasteiger partial charge in [0.05, 0.1) is 10.4 Å². The summed E-state index contributed by atoms with van der Waals surface area (Å²) in [5.74, 6) is -0.384. The number of hydrogen-bond acceptors (Lipinski definition) is 7. The second kappa shape index (κ2) is 7.38. The van der Waals surface area contributed by atoms with E-state index in [-0.39, 0.29) is 17.0 Å². The largest absolute Gasteiger partial charge is 0.480 e. The maximum Gasteiger partial charge on any atom is 0.320 e. The van der Waals surface area contributed by atoms with Crippen LogP contribution in [0.2, 0.25) is 5.28 Å². The topological polar surface area (TPSA) is 121 Å². The summed E-state index contributed by atoms with van der Waals surface area (Å²) in [6.07, 6.45) is 1.46. The zero-order chi connectivity index (χ0) is 18.8. The van der Waals surface area contributed by atoms with Crippen LogP contribution in [-0.2, 0) is 4.79 Å². The highest BCUT2D eigenvalue weighted by molar-refractivity contribution is 6.28.